The highest BCUT2D eigenvalue weighted by molar-refractivity contribution is 5.96. The van der Waals surface area contributed by atoms with Crippen molar-refractivity contribution < 1.29 is 34.5 Å². The van der Waals surface area contributed by atoms with Gasteiger partial charge < -0.3 is 25.6 Å². The van der Waals surface area contributed by atoms with Crippen LogP contribution in [0.25, 0.3) is 11.0 Å². The zero-order valence-electron chi connectivity index (χ0n) is 18.5. The molecular weight excluding hydrogens is 444 g/mol. The van der Waals surface area contributed by atoms with Crippen molar-refractivity contribution in [1.82, 2.24) is 20.3 Å². The summed E-state index contributed by atoms with van der Waals surface area (Å²) in [6, 6.07) is 4.92. The summed E-state index contributed by atoms with van der Waals surface area (Å²) in [7, 11) is 0. The second-order valence-corrected chi connectivity index (χ2v) is 7.94. The van der Waals surface area contributed by atoms with Crippen LogP contribution >= 0.6 is 0 Å². The second kappa shape index (κ2) is 10.1. The number of aromatic hydroxyl groups is 1. The van der Waals surface area contributed by atoms with E-state index in [1.807, 2.05) is 0 Å². The Morgan fingerprint density at radius 3 is 2.35 bits per heavy atom. The molecule has 1 aromatic carbocycles. The number of benzene rings is 1. The monoisotopic (exact) mass is 468 g/mol. The quantitative estimate of drug-likeness (QED) is 0.297. The number of amides is 1. The molecule has 0 saturated carbocycles. The molecule has 1 amide bonds. The van der Waals surface area contributed by atoms with Crippen LogP contribution in [-0.4, -0.2) is 59.9 Å². The number of hydrogen-bond donors (Lipinski definition) is 5. The first-order valence-electron chi connectivity index (χ1n) is 10.5. The van der Waals surface area contributed by atoms with Crippen molar-refractivity contribution in [3.05, 3.63) is 53.0 Å². The lowest BCUT2D eigenvalue weighted by molar-refractivity contribution is -0.140. The van der Waals surface area contributed by atoms with Gasteiger partial charge in [-0.05, 0) is 43.5 Å². The van der Waals surface area contributed by atoms with Gasteiger partial charge in [-0.1, -0.05) is 12.1 Å². The number of aromatic amines is 1. The number of aromatic nitrogens is 3. The molecule has 11 heteroatoms. The Hall–Kier alpha value is -4.28. The second-order valence-electron chi connectivity index (χ2n) is 7.94. The first-order valence-corrected chi connectivity index (χ1v) is 10.5. The molecule has 0 aliphatic rings. The number of fused-ring (bicyclic) bond motifs is 1. The number of rotatable bonds is 10. The fraction of sp³-hybridized carbons (Fsp3) is 0.304. The standard InChI is InChI=1S/C23H24N4O7/c1-11(28)9-15(16-10-24-20-19(16)22(32)26-12(2)25-20)13-3-5-14(6-4-13)21(31)27-17(23(33)34)7-8-18(29)30/h3-6,10,15,17H,7-9H2,1-2H3,(H,27,31)(H,29,30)(H,33,34)(H2,24,25,26,32)/t15?,17-/m0/s1. The molecule has 0 saturated heterocycles. The highest BCUT2D eigenvalue weighted by Crippen LogP contribution is 2.36. The number of ketones is 1. The van der Waals surface area contributed by atoms with Gasteiger partial charge in [0.2, 0.25) is 5.88 Å². The normalized spacial score (nSPS) is 12.8. The molecule has 0 bridgehead atoms. The Kier molecular flexibility index (Phi) is 7.24. The van der Waals surface area contributed by atoms with E-state index in [9.17, 15) is 29.4 Å². The van der Waals surface area contributed by atoms with E-state index >= 15 is 0 Å². The molecule has 5 N–H and O–H groups in total. The minimum Gasteiger partial charge on any atom is -0.493 e. The van der Waals surface area contributed by atoms with Gasteiger partial charge in [0.15, 0.2) is 0 Å². The summed E-state index contributed by atoms with van der Waals surface area (Å²) < 4.78 is 0. The molecule has 3 rings (SSSR count). The van der Waals surface area contributed by atoms with Crippen LogP contribution < -0.4 is 5.32 Å². The van der Waals surface area contributed by atoms with Crippen molar-refractivity contribution in [3.8, 4) is 5.88 Å². The minimum absolute atomic E-state index is 0.0866. The Bertz CT molecular complexity index is 1250. The van der Waals surface area contributed by atoms with E-state index < -0.39 is 36.2 Å². The largest absolute Gasteiger partial charge is 0.493 e. The van der Waals surface area contributed by atoms with E-state index in [1.165, 1.54) is 19.1 Å². The van der Waals surface area contributed by atoms with Crippen LogP contribution in [0.5, 0.6) is 5.88 Å². The first kappa shape index (κ1) is 24.4. The molecule has 2 aromatic heterocycles. The Labute approximate surface area is 193 Å². The van der Waals surface area contributed by atoms with Crippen molar-refractivity contribution in [2.24, 2.45) is 0 Å². The number of nitrogens with zero attached hydrogens (tertiary/aromatic N) is 2. The van der Waals surface area contributed by atoms with E-state index in [0.717, 1.165) is 0 Å². The fourth-order valence-electron chi connectivity index (χ4n) is 3.75. The molecular formula is C23H24N4O7. The van der Waals surface area contributed by atoms with Gasteiger partial charge >= 0.3 is 11.9 Å². The topological polar surface area (TPSA) is 183 Å². The summed E-state index contributed by atoms with van der Waals surface area (Å²) in [6.45, 7) is 3.10. The number of carboxylic acid groups (broad SMARTS) is 2. The van der Waals surface area contributed by atoms with E-state index in [0.29, 0.717) is 28.0 Å². The number of aliphatic carboxylic acids is 2. The van der Waals surface area contributed by atoms with Crippen molar-refractivity contribution >= 4 is 34.7 Å². The average Bonchev–Trinajstić information content (AvgIpc) is 3.18. The highest BCUT2D eigenvalue weighted by atomic mass is 16.4. The zero-order valence-corrected chi connectivity index (χ0v) is 18.5. The van der Waals surface area contributed by atoms with Gasteiger partial charge in [-0.15, -0.1) is 0 Å². The summed E-state index contributed by atoms with van der Waals surface area (Å²) in [6.07, 6.45) is 1.14. The van der Waals surface area contributed by atoms with E-state index in [4.69, 9.17) is 5.11 Å². The van der Waals surface area contributed by atoms with Gasteiger partial charge in [0.1, 0.15) is 23.3 Å². The number of nitrogens with one attached hydrogen (secondary N) is 2. The molecule has 0 aliphatic carbocycles. The molecule has 2 heterocycles. The number of Topliss-reactive ketones (excluding diaryl/α,β-unsaturated/α-hetero) is 1. The van der Waals surface area contributed by atoms with Gasteiger partial charge in [0.25, 0.3) is 5.91 Å². The average molecular weight is 468 g/mol. The van der Waals surface area contributed by atoms with Gasteiger partial charge in [0.05, 0.1) is 5.39 Å². The maximum Gasteiger partial charge on any atom is 0.326 e. The SMILES string of the molecule is CC(=O)CC(c1ccc(C(=O)N[C@@H](CCC(=O)O)C(=O)O)cc1)c1c[nH]c2nc(C)nc(O)c12. The lowest BCUT2D eigenvalue weighted by Crippen LogP contribution is -2.41. The molecule has 3 aromatic rings. The third-order valence-electron chi connectivity index (χ3n) is 5.35. The number of H-pyrrole nitrogens is 1. The smallest absolute Gasteiger partial charge is 0.326 e. The van der Waals surface area contributed by atoms with Crippen LogP contribution in [0.3, 0.4) is 0 Å². The summed E-state index contributed by atoms with van der Waals surface area (Å²) in [5.74, 6) is -3.51. The predicted molar refractivity (Wildman–Crippen MR) is 120 cm³/mol. The molecule has 0 aliphatic heterocycles. The van der Waals surface area contributed by atoms with Gasteiger partial charge in [-0.3, -0.25) is 14.4 Å². The lowest BCUT2D eigenvalue weighted by Gasteiger charge is -2.17. The van der Waals surface area contributed by atoms with Crippen LogP contribution in [-0.2, 0) is 14.4 Å². The van der Waals surface area contributed by atoms with Crippen LogP contribution in [0, 0.1) is 6.92 Å². The van der Waals surface area contributed by atoms with Crippen LogP contribution in [0.4, 0.5) is 0 Å². The number of carbonyl (C=O) groups excluding carboxylic acids is 2. The zero-order chi connectivity index (χ0) is 25.0. The maximum atomic E-state index is 12.5. The number of hydrogen-bond acceptors (Lipinski definition) is 7. The summed E-state index contributed by atoms with van der Waals surface area (Å²) >= 11 is 0. The summed E-state index contributed by atoms with van der Waals surface area (Å²) in [5.41, 5.74) is 1.92. The molecule has 1 unspecified atom stereocenters. The lowest BCUT2D eigenvalue weighted by atomic mass is 9.87. The number of aryl methyl sites for hydroxylation is 1. The first-order chi connectivity index (χ1) is 16.1. The Morgan fingerprint density at radius 2 is 1.76 bits per heavy atom. The maximum absolute atomic E-state index is 12.5. The third kappa shape index (κ3) is 5.55. The highest BCUT2D eigenvalue weighted by Gasteiger charge is 2.25. The number of carbonyl (C=O) groups is 4. The van der Waals surface area contributed by atoms with E-state index in [2.05, 4.69) is 20.3 Å². The van der Waals surface area contributed by atoms with Crippen molar-refractivity contribution in [3.63, 3.8) is 0 Å². The van der Waals surface area contributed by atoms with Crippen LogP contribution in [0.15, 0.2) is 30.5 Å². The molecule has 0 fully saturated rings. The molecule has 2 atom stereocenters. The molecule has 178 valence electrons. The fourth-order valence-corrected chi connectivity index (χ4v) is 3.75. The van der Waals surface area contributed by atoms with Crippen molar-refractivity contribution in [2.45, 2.75) is 45.1 Å². The molecule has 0 radical (unpaired) electrons. The summed E-state index contributed by atoms with van der Waals surface area (Å²) in [5, 5.41) is 31.1. The molecule has 11 nitrogen and oxygen atoms in total. The predicted octanol–water partition coefficient (Wildman–Crippen LogP) is 2.13. The molecule has 34 heavy (non-hydrogen) atoms. The molecule has 0 spiro atoms. The van der Waals surface area contributed by atoms with Gasteiger partial charge in [-0.25, -0.2) is 9.78 Å². The number of carboxylic acids is 2. The summed E-state index contributed by atoms with van der Waals surface area (Å²) in [4.78, 5) is 57.8. The van der Waals surface area contributed by atoms with Gasteiger partial charge in [0, 0.05) is 30.5 Å². The van der Waals surface area contributed by atoms with Crippen LogP contribution in [0.1, 0.15) is 59.4 Å². The Balaban J connectivity index is 1.88. The minimum atomic E-state index is -1.34. The Morgan fingerprint density at radius 1 is 1.09 bits per heavy atom. The van der Waals surface area contributed by atoms with Crippen molar-refractivity contribution in [2.75, 3.05) is 0 Å². The van der Waals surface area contributed by atoms with E-state index in [-0.39, 0.29) is 30.1 Å². The van der Waals surface area contributed by atoms with Gasteiger partial charge in [-0.2, -0.15) is 4.98 Å². The third-order valence-corrected chi connectivity index (χ3v) is 5.35. The van der Waals surface area contributed by atoms with E-state index in [1.54, 1.807) is 25.3 Å². The van der Waals surface area contributed by atoms with Crippen LogP contribution in [0.2, 0.25) is 0 Å². The van der Waals surface area contributed by atoms with Crippen molar-refractivity contribution in [1.29, 1.82) is 0 Å².